The third kappa shape index (κ3) is 10.1. The van der Waals surface area contributed by atoms with Gasteiger partial charge in [-0.1, -0.05) is 0 Å². The van der Waals surface area contributed by atoms with Crippen LogP contribution in [0, 0.1) is 0 Å². The minimum atomic E-state index is -0.667. The normalized spacial score (nSPS) is 9.75. The van der Waals surface area contributed by atoms with Gasteiger partial charge in [0, 0.05) is 21.1 Å². The Hall–Kier alpha value is 1.08. The fourth-order valence-electron chi connectivity index (χ4n) is 0.544. The Morgan fingerprint density at radius 1 is 0.875 bits per heavy atom. The predicted molar refractivity (Wildman–Crippen MR) is 38.8 cm³/mol. The molecule has 1 nitrogen and oxygen atoms in total. The Morgan fingerprint density at radius 2 is 1.12 bits per heavy atom. The first-order valence-electron chi connectivity index (χ1n) is 2.78. The van der Waals surface area contributed by atoms with Crippen molar-refractivity contribution in [1.82, 2.24) is 0 Å². The van der Waals surface area contributed by atoms with Crippen LogP contribution in [0.2, 0.25) is 26.2 Å². The fourth-order valence-corrected chi connectivity index (χ4v) is 4.90. The van der Waals surface area contributed by atoms with Crippen LogP contribution in [0.5, 0.6) is 0 Å². The van der Waals surface area contributed by atoms with Crippen molar-refractivity contribution in [3.05, 3.63) is 0 Å². The maximum Gasteiger partial charge on any atom is 0.156 e. The minimum Gasteiger partial charge on any atom is -0.461 e. The molecule has 54 valence electrons. The molecule has 0 N–H and O–H groups in total. The van der Waals surface area contributed by atoms with Gasteiger partial charge < -0.3 is 4.12 Å². The van der Waals surface area contributed by atoms with Gasteiger partial charge in [-0.3, -0.25) is 0 Å². The first-order chi connectivity index (χ1) is 3.13. The van der Waals surface area contributed by atoms with Crippen LogP contribution < -0.4 is 0 Å². The van der Waals surface area contributed by atoms with Crippen molar-refractivity contribution < 1.29 is 25.2 Å². The van der Waals surface area contributed by atoms with Crippen LogP contribution in [0.4, 0.5) is 0 Å². The molecule has 8 heavy (non-hydrogen) atoms. The van der Waals surface area contributed by atoms with Gasteiger partial charge in [-0.25, -0.2) is 0 Å². The van der Waals surface area contributed by atoms with Gasteiger partial charge in [0.25, 0.3) is 0 Å². The summed E-state index contributed by atoms with van der Waals surface area (Å²) in [5, 5.41) is 0. The summed E-state index contributed by atoms with van der Waals surface area (Å²) in [5.74, 6) is 0. The van der Waals surface area contributed by atoms with Gasteiger partial charge in [-0.2, -0.15) is 0 Å². The molecule has 0 aliphatic heterocycles. The van der Waals surface area contributed by atoms with E-state index in [1.165, 1.54) is 0 Å². The fraction of sp³-hybridized carbons (Fsp3) is 1.00. The van der Waals surface area contributed by atoms with E-state index in [1.54, 1.807) is 0 Å². The topological polar surface area (TPSA) is 9.23 Å². The van der Waals surface area contributed by atoms with Gasteiger partial charge in [0.15, 0.2) is 18.1 Å². The van der Waals surface area contributed by atoms with Crippen molar-refractivity contribution in [2.45, 2.75) is 26.2 Å². The van der Waals surface area contributed by atoms with Gasteiger partial charge in [0.2, 0.25) is 0 Å². The molecular weight excluding hydrogens is 315 g/mol. The summed E-state index contributed by atoms with van der Waals surface area (Å²) in [6.07, 6.45) is 0. The Bertz CT molecular complexity index is 43.3. The van der Waals surface area contributed by atoms with Crippen molar-refractivity contribution in [2.24, 2.45) is 0 Å². The summed E-state index contributed by atoms with van der Waals surface area (Å²) < 4.78 is 5.53. The van der Waals surface area contributed by atoms with E-state index in [9.17, 15) is 0 Å². The smallest absolute Gasteiger partial charge is 0.156 e. The molecule has 0 saturated carbocycles. The van der Waals surface area contributed by atoms with Crippen LogP contribution in [0.3, 0.4) is 0 Å². The third-order valence-corrected chi connectivity index (χ3v) is 4.90. The second-order valence-corrected chi connectivity index (χ2v) is 7.52. The van der Waals surface area contributed by atoms with E-state index in [0.717, 1.165) is 0 Å². The molecule has 0 heterocycles. The molecule has 0 spiro atoms. The summed E-state index contributed by atoms with van der Waals surface area (Å²) >= 11 is 0. The summed E-state index contributed by atoms with van der Waals surface area (Å²) in [4.78, 5) is 0. The zero-order valence-corrected chi connectivity index (χ0v) is 10.5. The second-order valence-electron chi connectivity index (χ2n) is 2.23. The Balaban J connectivity index is 0. The second kappa shape index (κ2) is 6.21. The number of rotatable bonds is 2. The minimum absolute atomic E-state index is 0. The molecule has 0 aromatic carbocycles. The third-order valence-electron chi connectivity index (χ3n) is 0.544. The van der Waals surface area contributed by atoms with Crippen molar-refractivity contribution in [3.63, 3.8) is 0 Å². The van der Waals surface area contributed by atoms with E-state index < -0.39 is 18.1 Å². The van der Waals surface area contributed by atoms with Crippen LogP contribution in [0.25, 0.3) is 0 Å². The van der Waals surface area contributed by atoms with Crippen LogP contribution in [0.15, 0.2) is 0 Å². The average molecular weight is 329 g/mol. The molecule has 0 radical (unpaired) electrons. The molecule has 4 heteroatoms. The summed E-state index contributed by atoms with van der Waals surface area (Å²) in [6, 6.07) is 0. The van der Waals surface area contributed by atoms with Crippen molar-refractivity contribution in [1.29, 1.82) is 0 Å². The standard InChI is InChI=1S/C4H14OSi2.Pt/c1-6(2)5-7(3)4;/h6-7H,1-4H3;. The first-order valence-corrected chi connectivity index (χ1v) is 8.34. The van der Waals surface area contributed by atoms with Crippen LogP contribution in [0.1, 0.15) is 0 Å². The average Bonchev–Trinajstić information content (AvgIpc) is 1.27. The predicted octanol–water partition coefficient (Wildman–Crippen LogP) is 0.967. The van der Waals surface area contributed by atoms with Crippen LogP contribution in [-0.2, 0) is 25.2 Å². The maximum atomic E-state index is 5.53. The molecule has 0 bridgehead atoms. The van der Waals surface area contributed by atoms with Gasteiger partial charge in [0.05, 0.1) is 0 Å². The van der Waals surface area contributed by atoms with E-state index in [0.29, 0.717) is 0 Å². The van der Waals surface area contributed by atoms with Crippen molar-refractivity contribution in [2.75, 3.05) is 0 Å². The molecule has 0 amide bonds. The molecular formula is C4H14OPtSi2. The molecule has 0 atom stereocenters. The zero-order valence-electron chi connectivity index (χ0n) is 5.88. The molecule has 0 saturated heterocycles. The summed E-state index contributed by atoms with van der Waals surface area (Å²) in [7, 11) is -1.33. The SMILES string of the molecule is C[SiH](C)O[SiH](C)C.[Pt]. The molecule has 0 aromatic rings. The quantitative estimate of drug-likeness (QED) is 0.686. The van der Waals surface area contributed by atoms with Gasteiger partial charge >= 0.3 is 0 Å². The van der Waals surface area contributed by atoms with Gasteiger partial charge in [-0.15, -0.1) is 0 Å². The van der Waals surface area contributed by atoms with Crippen molar-refractivity contribution >= 4 is 18.1 Å². The Kier molecular flexibility index (Phi) is 9.18. The van der Waals surface area contributed by atoms with E-state index in [2.05, 4.69) is 26.2 Å². The molecule has 0 rings (SSSR count). The summed E-state index contributed by atoms with van der Waals surface area (Å²) in [5.41, 5.74) is 0. The molecule has 0 fully saturated rings. The molecule has 0 unspecified atom stereocenters. The largest absolute Gasteiger partial charge is 0.461 e. The molecule has 0 aliphatic rings. The van der Waals surface area contributed by atoms with Crippen LogP contribution in [-0.4, -0.2) is 18.1 Å². The number of hydrogen-bond acceptors (Lipinski definition) is 1. The first kappa shape index (κ1) is 11.8. The maximum absolute atomic E-state index is 5.53. The monoisotopic (exact) mass is 329 g/mol. The van der Waals surface area contributed by atoms with E-state index in [-0.39, 0.29) is 21.1 Å². The molecule has 0 aromatic heterocycles. The van der Waals surface area contributed by atoms with Gasteiger partial charge in [0.1, 0.15) is 0 Å². The van der Waals surface area contributed by atoms with Crippen molar-refractivity contribution in [3.8, 4) is 0 Å². The Morgan fingerprint density at radius 3 is 1.12 bits per heavy atom. The summed E-state index contributed by atoms with van der Waals surface area (Å²) in [6.45, 7) is 8.86. The van der Waals surface area contributed by atoms with E-state index in [4.69, 9.17) is 4.12 Å². The van der Waals surface area contributed by atoms with E-state index >= 15 is 0 Å². The zero-order chi connectivity index (χ0) is 5.86. The molecule has 0 aliphatic carbocycles. The van der Waals surface area contributed by atoms with Gasteiger partial charge in [-0.05, 0) is 26.2 Å². The van der Waals surface area contributed by atoms with E-state index in [1.807, 2.05) is 0 Å². The number of hydrogen-bond donors (Lipinski definition) is 0. The Labute approximate surface area is 69.5 Å². The van der Waals surface area contributed by atoms with Crippen LogP contribution >= 0.6 is 0 Å².